The minimum atomic E-state index is -2.25. The van der Waals surface area contributed by atoms with Gasteiger partial charge in [0.25, 0.3) is 0 Å². The molecule has 0 N–H and O–H groups in total. The summed E-state index contributed by atoms with van der Waals surface area (Å²) in [7, 11) is -2.25. The van der Waals surface area contributed by atoms with E-state index in [4.69, 9.17) is 4.52 Å². The second kappa shape index (κ2) is 3.98. The molecule has 74 valence electrons. The van der Waals surface area contributed by atoms with Gasteiger partial charge in [-0.2, -0.15) is 0 Å². The highest BCUT2D eigenvalue weighted by Crippen LogP contribution is 2.52. The summed E-state index contributed by atoms with van der Waals surface area (Å²) in [6.45, 7) is 0. The van der Waals surface area contributed by atoms with Crippen molar-refractivity contribution in [2.75, 3.05) is 12.3 Å². The van der Waals surface area contributed by atoms with Crippen molar-refractivity contribution in [3.05, 3.63) is 12.2 Å². The third kappa shape index (κ3) is 2.45. The fourth-order valence-electron chi connectivity index (χ4n) is 2.07. The van der Waals surface area contributed by atoms with Gasteiger partial charge in [0.15, 0.2) is 0 Å². The highest BCUT2D eigenvalue weighted by Gasteiger charge is 2.28. The molecule has 0 atom stereocenters. The van der Waals surface area contributed by atoms with Crippen LogP contribution in [-0.2, 0) is 9.09 Å². The zero-order valence-electron chi connectivity index (χ0n) is 7.95. The Hall–Kier alpha value is -0.0700. The maximum Gasteiger partial charge on any atom is 0.210 e. The fourth-order valence-corrected chi connectivity index (χ4v) is 4.09. The minimum Gasteiger partial charge on any atom is -0.325 e. The minimum absolute atomic E-state index is 0.291. The van der Waals surface area contributed by atoms with Crippen molar-refractivity contribution in [1.29, 1.82) is 0 Å². The first kappa shape index (κ1) is 9.48. The van der Waals surface area contributed by atoms with Gasteiger partial charge in [-0.3, -0.25) is 4.57 Å². The van der Waals surface area contributed by atoms with Gasteiger partial charge in [0.05, 0.1) is 6.10 Å². The Morgan fingerprint density at radius 3 is 2.31 bits per heavy atom. The van der Waals surface area contributed by atoms with Gasteiger partial charge in [-0.1, -0.05) is 31.4 Å². The molecule has 1 fully saturated rings. The van der Waals surface area contributed by atoms with E-state index in [2.05, 4.69) is 0 Å². The van der Waals surface area contributed by atoms with E-state index >= 15 is 0 Å². The van der Waals surface area contributed by atoms with Crippen LogP contribution in [0.15, 0.2) is 12.2 Å². The van der Waals surface area contributed by atoms with Crippen molar-refractivity contribution < 1.29 is 9.09 Å². The summed E-state index contributed by atoms with van der Waals surface area (Å²) >= 11 is 0. The Kier molecular flexibility index (Phi) is 2.90. The smallest absolute Gasteiger partial charge is 0.210 e. The Bertz CT molecular complexity index is 229. The molecule has 2 rings (SSSR count). The molecule has 0 unspecified atom stereocenters. The van der Waals surface area contributed by atoms with Gasteiger partial charge in [-0.25, -0.2) is 0 Å². The molecule has 0 aromatic rings. The molecule has 2 aliphatic rings. The maximum atomic E-state index is 12.0. The molecule has 1 saturated carbocycles. The van der Waals surface area contributed by atoms with Crippen molar-refractivity contribution in [1.82, 2.24) is 0 Å². The monoisotopic (exact) mass is 200 g/mol. The van der Waals surface area contributed by atoms with Gasteiger partial charge in [0, 0.05) is 12.3 Å². The van der Waals surface area contributed by atoms with E-state index in [9.17, 15) is 4.57 Å². The molecule has 13 heavy (non-hydrogen) atoms. The molecule has 0 amide bonds. The van der Waals surface area contributed by atoms with Crippen LogP contribution >= 0.6 is 7.37 Å². The van der Waals surface area contributed by atoms with Crippen LogP contribution < -0.4 is 0 Å². The molecule has 0 aromatic carbocycles. The highest BCUT2D eigenvalue weighted by molar-refractivity contribution is 7.59. The average molecular weight is 200 g/mol. The Morgan fingerprint density at radius 1 is 1.08 bits per heavy atom. The third-order valence-electron chi connectivity index (χ3n) is 2.83. The lowest BCUT2D eigenvalue weighted by atomic mass is 9.98. The standard InChI is InChI=1S/C10H17O2P/c11-13(8-4-5-9-13)12-10-6-2-1-3-7-10/h4-5,10H,1-3,6-9H2. The van der Waals surface area contributed by atoms with Gasteiger partial charge in [-0.05, 0) is 12.8 Å². The lowest BCUT2D eigenvalue weighted by Crippen LogP contribution is -2.15. The topological polar surface area (TPSA) is 26.3 Å². The van der Waals surface area contributed by atoms with Crippen LogP contribution in [0.4, 0.5) is 0 Å². The SMILES string of the molecule is O=P1(OC2CCCCC2)CC=CC1. The number of allylic oxidation sites excluding steroid dienone is 2. The molecule has 1 heterocycles. The summed E-state index contributed by atoms with van der Waals surface area (Å²) < 4.78 is 17.7. The molecule has 1 aliphatic heterocycles. The zero-order valence-corrected chi connectivity index (χ0v) is 8.84. The van der Waals surface area contributed by atoms with Crippen LogP contribution in [-0.4, -0.2) is 18.4 Å². The predicted molar refractivity (Wildman–Crippen MR) is 54.4 cm³/mol. The fraction of sp³-hybridized carbons (Fsp3) is 0.800. The number of hydrogen-bond acceptors (Lipinski definition) is 2. The molecule has 0 spiro atoms. The van der Waals surface area contributed by atoms with E-state index in [1.54, 1.807) is 0 Å². The molecule has 0 radical (unpaired) electrons. The summed E-state index contributed by atoms with van der Waals surface area (Å²) in [6.07, 6.45) is 11.7. The second-order valence-electron chi connectivity index (χ2n) is 4.02. The van der Waals surface area contributed by atoms with E-state index in [0.717, 1.165) is 12.8 Å². The van der Waals surface area contributed by atoms with Gasteiger partial charge >= 0.3 is 0 Å². The molecule has 1 aliphatic carbocycles. The lowest BCUT2D eigenvalue weighted by molar-refractivity contribution is 0.159. The normalized spacial score (nSPS) is 28.0. The van der Waals surface area contributed by atoms with Gasteiger partial charge in [0.2, 0.25) is 7.37 Å². The summed E-state index contributed by atoms with van der Waals surface area (Å²) in [5, 5.41) is 0. The second-order valence-corrected chi connectivity index (χ2v) is 6.59. The van der Waals surface area contributed by atoms with E-state index < -0.39 is 7.37 Å². The first-order chi connectivity index (χ1) is 6.29. The van der Waals surface area contributed by atoms with E-state index in [1.165, 1.54) is 19.3 Å². The molecule has 0 bridgehead atoms. The summed E-state index contributed by atoms with van der Waals surface area (Å²) in [6, 6.07) is 0. The first-order valence-corrected chi connectivity index (χ1v) is 7.19. The molecule has 3 heteroatoms. The molecule has 0 aromatic heterocycles. The van der Waals surface area contributed by atoms with Crippen molar-refractivity contribution in [2.45, 2.75) is 38.2 Å². The van der Waals surface area contributed by atoms with Crippen LogP contribution in [0.5, 0.6) is 0 Å². The van der Waals surface area contributed by atoms with E-state index in [-0.39, 0.29) is 0 Å². The molecule has 0 saturated heterocycles. The Morgan fingerprint density at radius 2 is 1.69 bits per heavy atom. The molecular weight excluding hydrogens is 183 g/mol. The Balaban J connectivity index is 1.86. The van der Waals surface area contributed by atoms with Crippen LogP contribution in [0.2, 0.25) is 0 Å². The van der Waals surface area contributed by atoms with Crippen molar-refractivity contribution >= 4 is 7.37 Å². The maximum absolute atomic E-state index is 12.0. The van der Waals surface area contributed by atoms with Crippen LogP contribution in [0.25, 0.3) is 0 Å². The predicted octanol–water partition coefficient (Wildman–Crippen LogP) is 3.18. The van der Waals surface area contributed by atoms with Gasteiger partial charge in [0.1, 0.15) is 0 Å². The Labute approximate surface area is 79.8 Å². The largest absolute Gasteiger partial charge is 0.325 e. The number of hydrogen-bond donors (Lipinski definition) is 0. The van der Waals surface area contributed by atoms with Gasteiger partial charge in [-0.15, -0.1) is 0 Å². The molecule has 2 nitrogen and oxygen atoms in total. The summed E-state index contributed by atoms with van der Waals surface area (Å²) in [5.41, 5.74) is 0. The van der Waals surface area contributed by atoms with Gasteiger partial charge < -0.3 is 4.52 Å². The van der Waals surface area contributed by atoms with Crippen LogP contribution in [0, 0.1) is 0 Å². The average Bonchev–Trinajstić information content (AvgIpc) is 2.54. The zero-order chi connectivity index (χ0) is 9.15. The van der Waals surface area contributed by atoms with Crippen LogP contribution in [0.3, 0.4) is 0 Å². The van der Waals surface area contributed by atoms with E-state index in [1.807, 2.05) is 12.2 Å². The van der Waals surface area contributed by atoms with Crippen molar-refractivity contribution in [2.24, 2.45) is 0 Å². The highest BCUT2D eigenvalue weighted by atomic mass is 31.2. The third-order valence-corrected chi connectivity index (χ3v) is 5.04. The lowest BCUT2D eigenvalue weighted by Gasteiger charge is -2.25. The van der Waals surface area contributed by atoms with Crippen molar-refractivity contribution in [3.8, 4) is 0 Å². The summed E-state index contributed by atoms with van der Waals surface area (Å²) in [4.78, 5) is 0. The van der Waals surface area contributed by atoms with E-state index in [0.29, 0.717) is 18.4 Å². The number of rotatable bonds is 2. The summed E-state index contributed by atoms with van der Waals surface area (Å²) in [5.74, 6) is 0. The van der Waals surface area contributed by atoms with Crippen molar-refractivity contribution in [3.63, 3.8) is 0 Å². The first-order valence-electron chi connectivity index (χ1n) is 5.20. The molecular formula is C10H17O2P. The van der Waals surface area contributed by atoms with Crippen LogP contribution in [0.1, 0.15) is 32.1 Å². The quantitative estimate of drug-likeness (QED) is 0.505.